The Morgan fingerprint density at radius 3 is 2.86 bits per heavy atom. The Morgan fingerprint density at radius 1 is 1.43 bits per heavy atom. The van der Waals surface area contributed by atoms with Crippen LogP contribution in [0.5, 0.6) is 0 Å². The van der Waals surface area contributed by atoms with Crippen molar-refractivity contribution >= 4 is 17.3 Å². The molecule has 1 aliphatic carbocycles. The SMILES string of the molecule is Cc1ccc(NCC2CC(=O)N(C3CC3)C2)c([N+](=O)[O-])c1. The average Bonchev–Trinajstić information content (AvgIpc) is 3.21. The molecule has 2 aliphatic rings. The van der Waals surface area contributed by atoms with Crippen molar-refractivity contribution < 1.29 is 9.72 Å². The van der Waals surface area contributed by atoms with Crippen molar-refractivity contribution in [1.29, 1.82) is 0 Å². The molecule has 0 radical (unpaired) electrons. The number of hydrogen-bond acceptors (Lipinski definition) is 4. The van der Waals surface area contributed by atoms with E-state index >= 15 is 0 Å². The van der Waals surface area contributed by atoms with Gasteiger partial charge < -0.3 is 10.2 Å². The van der Waals surface area contributed by atoms with Gasteiger partial charge in [-0.3, -0.25) is 14.9 Å². The molecule has 6 nitrogen and oxygen atoms in total. The predicted octanol–water partition coefficient (Wildman–Crippen LogP) is 2.33. The second-order valence-electron chi connectivity index (χ2n) is 6.01. The van der Waals surface area contributed by atoms with Gasteiger partial charge in [-0.15, -0.1) is 0 Å². The zero-order chi connectivity index (χ0) is 15.0. The first-order valence-electron chi connectivity index (χ1n) is 7.33. The van der Waals surface area contributed by atoms with E-state index in [1.54, 1.807) is 12.1 Å². The van der Waals surface area contributed by atoms with Crippen LogP contribution in [0.1, 0.15) is 24.8 Å². The van der Waals surface area contributed by atoms with Crippen LogP contribution < -0.4 is 5.32 Å². The Balaban J connectivity index is 1.63. The molecule has 21 heavy (non-hydrogen) atoms. The zero-order valence-corrected chi connectivity index (χ0v) is 12.0. The third kappa shape index (κ3) is 2.99. The van der Waals surface area contributed by atoms with Gasteiger partial charge in [-0.2, -0.15) is 0 Å². The van der Waals surface area contributed by atoms with Crippen molar-refractivity contribution in [1.82, 2.24) is 4.90 Å². The monoisotopic (exact) mass is 289 g/mol. The van der Waals surface area contributed by atoms with Gasteiger partial charge in [0.05, 0.1) is 4.92 Å². The number of nitrogens with zero attached hydrogens (tertiary/aromatic N) is 2. The summed E-state index contributed by atoms with van der Waals surface area (Å²) in [5.74, 6) is 0.460. The molecule has 1 aliphatic heterocycles. The Hall–Kier alpha value is -2.11. The zero-order valence-electron chi connectivity index (χ0n) is 12.0. The van der Waals surface area contributed by atoms with E-state index in [-0.39, 0.29) is 22.4 Å². The number of likely N-dealkylation sites (tertiary alicyclic amines) is 1. The van der Waals surface area contributed by atoms with Gasteiger partial charge in [-0.25, -0.2) is 0 Å². The fraction of sp³-hybridized carbons (Fsp3) is 0.533. The van der Waals surface area contributed by atoms with E-state index in [4.69, 9.17) is 0 Å². The normalized spacial score (nSPS) is 21.7. The molecule has 1 aromatic carbocycles. The van der Waals surface area contributed by atoms with Gasteiger partial charge in [0.2, 0.25) is 5.91 Å². The van der Waals surface area contributed by atoms with Crippen molar-refractivity contribution in [3.63, 3.8) is 0 Å². The molecule has 0 aromatic heterocycles. The molecule has 112 valence electrons. The fourth-order valence-electron chi connectivity index (χ4n) is 2.88. The number of carbonyl (C=O) groups is 1. The minimum absolute atomic E-state index is 0.0957. The van der Waals surface area contributed by atoms with Crippen LogP contribution in [0, 0.1) is 23.0 Å². The van der Waals surface area contributed by atoms with Gasteiger partial charge in [-0.05, 0) is 31.4 Å². The third-order valence-corrected chi connectivity index (χ3v) is 4.16. The number of hydrogen-bond donors (Lipinski definition) is 1. The lowest BCUT2D eigenvalue weighted by Crippen LogP contribution is -2.28. The van der Waals surface area contributed by atoms with Gasteiger partial charge >= 0.3 is 0 Å². The molecule has 2 fully saturated rings. The highest BCUT2D eigenvalue weighted by atomic mass is 16.6. The summed E-state index contributed by atoms with van der Waals surface area (Å²) >= 11 is 0. The van der Waals surface area contributed by atoms with Crippen LogP contribution in [0.15, 0.2) is 18.2 Å². The van der Waals surface area contributed by atoms with Gasteiger partial charge in [0.1, 0.15) is 5.69 Å². The molecule has 0 spiro atoms. The van der Waals surface area contributed by atoms with E-state index in [0.29, 0.717) is 24.7 Å². The number of nitro benzene ring substituents is 1. The van der Waals surface area contributed by atoms with Crippen molar-refractivity contribution in [3.05, 3.63) is 33.9 Å². The van der Waals surface area contributed by atoms with Crippen LogP contribution >= 0.6 is 0 Å². The van der Waals surface area contributed by atoms with Crippen LogP contribution in [0.25, 0.3) is 0 Å². The third-order valence-electron chi connectivity index (χ3n) is 4.16. The number of aryl methyl sites for hydroxylation is 1. The largest absolute Gasteiger partial charge is 0.379 e. The molecule has 1 saturated carbocycles. The highest BCUT2D eigenvalue weighted by Crippen LogP contribution is 2.33. The van der Waals surface area contributed by atoms with E-state index in [0.717, 1.165) is 24.9 Å². The lowest BCUT2D eigenvalue weighted by molar-refractivity contribution is -0.384. The lowest BCUT2D eigenvalue weighted by Gasteiger charge is -2.16. The predicted molar refractivity (Wildman–Crippen MR) is 79.2 cm³/mol. The summed E-state index contributed by atoms with van der Waals surface area (Å²) in [7, 11) is 0. The number of nitro groups is 1. The first-order valence-corrected chi connectivity index (χ1v) is 7.33. The number of benzene rings is 1. The highest BCUT2D eigenvalue weighted by Gasteiger charge is 2.39. The number of carbonyl (C=O) groups excluding carboxylic acids is 1. The molecular weight excluding hydrogens is 270 g/mol. The minimum Gasteiger partial charge on any atom is -0.379 e. The maximum absolute atomic E-state index is 11.9. The maximum Gasteiger partial charge on any atom is 0.292 e. The topological polar surface area (TPSA) is 75.5 Å². The molecule has 1 N–H and O–H groups in total. The Kier molecular flexibility index (Phi) is 3.53. The Morgan fingerprint density at radius 2 is 2.19 bits per heavy atom. The number of anilines is 1. The summed E-state index contributed by atoms with van der Waals surface area (Å²) in [6, 6.07) is 5.61. The summed E-state index contributed by atoms with van der Waals surface area (Å²) in [4.78, 5) is 24.6. The maximum atomic E-state index is 11.9. The molecule has 1 atom stereocenters. The summed E-state index contributed by atoms with van der Waals surface area (Å²) in [6.45, 7) is 3.20. The molecule has 1 saturated heterocycles. The van der Waals surface area contributed by atoms with E-state index in [9.17, 15) is 14.9 Å². The van der Waals surface area contributed by atoms with E-state index < -0.39 is 0 Å². The van der Waals surface area contributed by atoms with Crippen LogP contribution in [0.3, 0.4) is 0 Å². The molecule has 1 heterocycles. The van der Waals surface area contributed by atoms with Crippen molar-refractivity contribution in [2.75, 3.05) is 18.4 Å². The van der Waals surface area contributed by atoms with Gasteiger partial charge in [0, 0.05) is 37.5 Å². The first kappa shape index (κ1) is 13.9. The van der Waals surface area contributed by atoms with E-state index in [1.807, 2.05) is 17.9 Å². The molecular formula is C15H19N3O3. The summed E-state index contributed by atoms with van der Waals surface area (Å²) in [5, 5.41) is 14.2. The molecule has 1 amide bonds. The van der Waals surface area contributed by atoms with Crippen LogP contribution in [0.4, 0.5) is 11.4 Å². The Bertz CT molecular complexity index is 584. The van der Waals surface area contributed by atoms with E-state index in [1.165, 1.54) is 0 Å². The summed E-state index contributed by atoms with van der Waals surface area (Å²) in [6.07, 6.45) is 2.79. The van der Waals surface area contributed by atoms with Crippen molar-refractivity contribution in [2.24, 2.45) is 5.92 Å². The summed E-state index contributed by atoms with van der Waals surface area (Å²) in [5.41, 5.74) is 1.49. The number of rotatable bonds is 5. The van der Waals surface area contributed by atoms with Crippen LogP contribution in [0.2, 0.25) is 0 Å². The molecule has 6 heteroatoms. The standard InChI is InChI=1S/C15H19N3O3/c1-10-2-5-13(14(6-10)18(20)21)16-8-11-7-15(19)17(9-11)12-3-4-12/h2,5-6,11-12,16H,3-4,7-9H2,1H3. The van der Waals surface area contributed by atoms with Gasteiger partial charge in [0.25, 0.3) is 5.69 Å². The smallest absolute Gasteiger partial charge is 0.292 e. The Labute approximate surface area is 123 Å². The van der Waals surface area contributed by atoms with Crippen LogP contribution in [-0.4, -0.2) is 34.9 Å². The molecule has 0 bridgehead atoms. The van der Waals surface area contributed by atoms with Gasteiger partial charge in [0.15, 0.2) is 0 Å². The quantitative estimate of drug-likeness (QED) is 0.666. The van der Waals surface area contributed by atoms with Crippen molar-refractivity contribution in [3.8, 4) is 0 Å². The van der Waals surface area contributed by atoms with Crippen LogP contribution in [-0.2, 0) is 4.79 Å². The number of nitrogens with one attached hydrogen (secondary N) is 1. The highest BCUT2D eigenvalue weighted by molar-refractivity contribution is 5.79. The lowest BCUT2D eigenvalue weighted by atomic mass is 10.1. The van der Waals surface area contributed by atoms with E-state index in [2.05, 4.69) is 5.32 Å². The van der Waals surface area contributed by atoms with Crippen molar-refractivity contribution in [2.45, 2.75) is 32.2 Å². The second-order valence-corrected chi connectivity index (χ2v) is 6.01. The molecule has 3 rings (SSSR count). The summed E-state index contributed by atoms with van der Waals surface area (Å²) < 4.78 is 0. The molecule has 1 aromatic rings. The molecule has 1 unspecified atom stereocenters. The van der Waals surface area contributed by atoms with Gasteiger partial charge in [-0.1, -0.05) is 6.07 Å². The first-order chi connectivity index (χ1) is 10.0. The minimum atomic E-state index is -0.369. The fourth-order valence-corrected chi connectivity index (χ4v) is 2.88. The number of amides is 1. The average molecular weight is 289 g/mol. The second kappa shape index (κ2) is 5.35.